The van der Waals surface area contributed by atoms with Gasteiger partial charge in [-0.3, -0.25) is 4.79 Å². The maximum Gasteiger partial charge on any atom is 0.303 e. The van der Waals surface area contributed by atoms with E-state index in [1.807, 2.05) is 36.4 Å². The van der Waals surface area contributed by atoms with Crippen molar-refractivity contribution in [2.45, 2.75) is 44.7 Å². The van der Waals surface area contributed by atoms with Crippen molar-refractivity contribution in [3.8, 4) is 0 Å². The zero-order valence-corrected chi connectivity index (χ0v) is 16.8. The fraction of sp³-hybridized carbons (Fsp3) is 0.381. The number of carboxylic acids is 1. The third kappa shape index (κ3) is 4.61. The van der Waals surface area contributed by atoms with Gasteiger partial charge in [0.15, 0.2) is 0 Å². The molecule has 1 atom stereocenters. The second-order valence-electron chi connectivity index (χ2n) is 7.67. The SMILES string of the molecule is CC(C)(C)[Si](OC[C@@H](N)CCC(=O)O)(c1ccccc1)c1ccccc1. The van der Waals surface area contributed by atoms with E-state index in [0.717, 1.165) is 0 Å². The third-order valence-corrected chi connectivity index (χ3v) is 9.66. The van der Waals surface area contributed by atoms with Crippen LogP contribution in [0.5, 0.6) is 0 Å². The zero-order chi connectivity index (χ0) is 19.2. The number of hydrogen-bond donors (Lipinski definition) is 2. The Balaban J connectivity index is 2.42. The first-order chi connectivity index (χ1) is 12.3. The maximum atomic E-state index is 10.8. The first-order valence-corrected chi connectivity index (χ1v) is 10.9. The fourth-order valence-electron chi connectivity index (χ4n) is 3.39. The highest BCUT2D eigenvalue weighted by Gasteiger charge is 2.50. The summed E-state index contributed by atoms with van der Waals surface area (Å²) in [5, 5.41) is 11.2. The highest BCUT2D eigenvalue weighted by Crippen LogP contribution is 2.36. The van der Waals surface area contributed by atoms with Gasteiger partial charge in [0.2, 0.25) is 0 Å². The Bertz CT molecular complexity index is 659. The molecule has 0 aliphatic carbocycles. The van der Waals surface area contributed by atoms with E-state index in [9.17, 15) is 4.79 Å². The molecule has 2 rings (SSSR count). The van der Waals surface area contributed by atoms with Gasteiger partial charge in [-0.15, -0.1) is 0 Å². The van der Waals surface area contributed by atoms with Crippen LogP contribution in [0.15, 0.2) is 60.7 Å². The second kappa shape index (κ2) is 8.62. The van der Waals surface area contributed by atoms with Gasteiger partial charge >= 0.3 is 5.97 Å². The fourth-order valence-corrected chi connectivity index (χ4v) is 8.01. The Kier molecular flexibility index (Phi) is 6.75. The largest absolute Gasteiger partial charge is 0.481 e. The zero-order valence-electron chi connectivity index (χ0n) is 15.8. The second-order valence-corrected chi connectivity index (χ2v) is 12.0. The molecule has 26 heavy (non-hydrogen) atoms. The van der Waals surface area contributed by atoms with Crippen molar-refractivity contribution in [1.29, 1.82) is 0 Å². The monoisotopic (exact) mass is 371 g/mol. The summed E-state index contributed by atoms with van der Waals surface area (Å²) in [6.45, 7) is 6.98. The average Bonchev–Trinajstić information content (AvgIpc) is 2.61. The summed E-state index contributed by atoms with van der Waals surface area (Å²) in [6, 6.07) is 20.4. The number of carboxylic acid groups (broad SMARTS) is 1. The standard InChI is InChI=1S/C21H29NO3Si/c1-21(2,3)26(18-10-6-4-7-11-18,19-12-8-5-9-13-19)25-16-17(22)14-15-20(23)24/h4-13,17H,14-16,22H2,1-3H3,(H,23,24)/t17-/m0/s1. The molecule has 5 heteroatoms. The van der Waals surface area contributed by atoms with Crippen molar-refractivity contribution < 1.29 is 14.3 Å². The number of aliphatic carboxylic acids is 1. The summed E-state index contributed by atoms with van der Waals surface area (Å²) < 4.78 is 6.68. The van der Waals surface area contributed by atoms with E-state index in [0.29, 0.717) is 13.0 Å². The van der Waals surface area contributed by atoms with Crippen molar-refractivity contribution in [2.75, 3.05) is 6.61 Å². The average molecular weight is 372 g/mol. The van der Waals surface area contributed by atoms with Crippen LogP contribution in [0.2, 0.25) is 5.04 Å². The molecule has 0 aliphatic rings. The van der Waals surface area contributed by atoms with Gasteiger partial charge in [-0.2, -0.15) is 0 Å². The summed E-state index contributed by atoms with van der Waals surface area (Å²) in [5.74, 6) is -0.828. The van der Waals surface area contributed by atoms with Crippen LogP contribution in [-0.2, 0) is 9.22 Å². The molecule has 0 saturated heterocycles. The summed E-state index contributed by atoms with van der Waals surface area (Å²) in [7, 11) is -2.60. The van der Waals surface area contributed by atoms with Crippen LogP contribution in [0.25, 0.3) is 0 Å². The van der Waals surface area contributed by atoms with Crippen molar-refractivity contribution in [2.24, 2.45) is 5.73 Å². The molecule has 0 amide bonds. The quantitative estimate of drug-likeness (QED) is 0.700. The predicted octanol–water partition coefficient (Wildman–Crippen LogP) is 2.76. The van der Waals surface area contributed by atoms with Crippen molar-refractivity contribution >= 4 is 24.7 Å². The molecule has 0 bridgehead atoms. The number of carbonyl (C=O) groups is 1. The van der Waals surface area contributed by atoms with E-state index >= 15 is 0 Å². The lowest BCUT2D eigenvalue weighted by atomic mass is 10.2. The van der Waals surface area contributed by atoms with E-state index < -0.39 is 14.3 Å². The van der Waals surface area contributed by atoms with Crippen LogP contribution in [0.1, 0.15) is 33.6 Å². The normalized spacial score (nSPS) is 13.4. The summed E-state index contributed by atoms with van der Waals surface area (Å²) in [4.78, 5) is 10.8. The first-order valence-electron chi connectivity index (χ1n) is 9.00. The molecule has 0 fully saturated rings. The number of benzene rings is 2. The van der Waals surface area contributed by atoms with Crippen LogP contribution in [0, 0.1) is 0 Å². The Morgan fingerprint density at radius 1 is 1.04 bits per heavy atom. The van der Waals surface area contributed by atoms with Gasteiger partial charge in [0.1, 0.15) is 0 Å². The molecule has 3 N–H and O–H groups in total. The molecule has 0 saturated carbocycles. The number of rotatable bonds is 8. The molecular formula is C21H29NO3Si. The van der Waals surface area contributed by atoms with Gasteiger partial charge in [-0.1, -0.05) is 81.4 Å². The summed E-state index contributed by atoms with van der Waals surface area (Å²) in [6.07, 6.45) is 0.471. The minimum atomic E-state index is -2.60. The molecule has 0 aromatic heterocycles. The lowest BCUT2D eigenvalue weighted by Crippen LogP contribution is -2.67. The highest BCUT2D eigenvalue weighted by atomic mass is 28.4. The number of nitrogens with two attached hydrogens (primary N) is 1. The minimum absolute atomic E-state index is 0.0608. The predicted molar refractivity (Wildman–Crippen MR) is 108 cm³/mol. The van der Waals surface area contributed by atoms with Crippen LogP contribution >= 0.6 is 0 Å². The third-order valence-electron chi connectivity index (χ3n) is 4.66. The summed E-state index contributed by atoms with van der Waals surface area (Å²) >= 11 is 0. The van der Waals surface area contributed by atoms with Gasteiger partial charge in [0, 0.05) is 19.1 Å². The van der Waals surface area contributed by atoms with E-state index in [2.05, 4.69) is 45.0 Å². The van der Waals surface area contributed by atoms with Crippen molar-refractivity contribution in [3.05, 3.63) is 60.7 Å². The molecule has 140 valence electrons. The molecule has 0 radical (unpaired) electrons. The topological polar surface area (TPSA) is 72.5 Å². The van der Waals surface area contributed by atoms with E-state index in [1.165, 1.54) is 10.4 Å². The Hall–Kier alpha value is -1.95. The minimum Gasteiger partial charge on any atom is -0.481 e. The van der Waals surface area contributed by atoms with Crippen molar-refractivity contribution in [3.63, 3.8) is 0 Å². The molecule has 2 aromatic carbocycles. The molecule has 0 spiro atoms. The lowest BCUT2D eigenvalue weighted by Gasteiger charge is -2.43. The van der Waals surface area contributed by atoms with Crippen LogP contribution in [0.4, 0.5) is 0 Å². The van der Waals surface area contributed by atoms with Crippen LogP contribution in [0.3, 0.4) is 0 Å². The smallest absolute Gasteiger partial charge is 0.303 e. The molecular weight excluding hydrogens is 342 g/mol. The molecule has 0 aliphatic heterocycles. The van der Waals surface area contributed by atoms with E-state index in [-0.39, 0.29) is 17.5 Å². The Morgan fingerprint density at radius 3 is 1.88 bits per heavy atom. The van der Waals surface area contributed by atoms with Gasteiger partial charge < -0.3 is 15.3 Å². The molecule has 0 unspecified atom stereocenters. The van der Waals surface area contributed by atoms with E-state index in [1.54, 1.807) is 0 Å². The first kappa shape index (κ1) is 20.4. The number of hydrogen-bond acceptors (Lipinski definition) is 3. The molecule has 4 nitrogen and oxygen atoms in total. The van der Waals surface area contributed by atoms with Gasteiger partial charge in [0.25, 0.3) is 8.32 Å². The summed E-state index contributed by atoms with van der Waals surface area (Å²) in [5.41, 5.74) is 6.16. The molecule has 0 heterocycles. The lowest BCUT2D eigenvalue weighted by molar-refractivity contribution is -0.137. The van der Waals surface area contributed by atoms with Gasteiger partial charge in [-0.05, 0) is 21.8 Å². The highest BCUT2D eigenvalue weighted by molar-refractivity contribution is 6.99. The van der Waals surface area contributed by atoms with Gasteiger partial charge in [0.05, 0.1) is 0 Å². The van der Waals surface area contributed by atoms with Crippen LogP contribution in [-0.4, -0.2) is 32.0 Å². The van der Waals surface area contributed by atoms with E-state index in [4.69, 9.17) is 15.3 Å². The Morgan fingerprint density at radius 2 is 1.50 bits per heavy atom. The van der Waals surface area contributed by atoms with Crippen molar-refractivity contribution in [1.82, 2.24) is 0 Å². The maximum absolute atomic E-state index is 10.8. The molecule has 2 aromatic rings. The van der Waals surface area contributed by atoms with Gasteiger partial charge in [-0.25, -0.2) is 0 Å². The van der Waals surface area contributed by atoms with Crippen LogP contribution < -0.4 is 16.1 Å². The Labute approximate surface area is 157 Å².